The molecule has 0 aromatic heterocycles. The smallest absolute Gasteiger partial charge is 0.185 e. The van der Waals surface area contributed by atoms with Crippen LogP contribution in [0.3, 0.4) is 0 Å². The van der Waals surface area contributed by atoms with E-state index in [0.29, 0.717) is 4.99 Å². The number of halogens is 2. The van der Waals surface area contributed by atoms with Gasteiger partial charge in [0, 0.05) is 11.1 Å². The second kappa shape index (κ2) is 6.63. The predicted octanol–water partition coefficient (Wildman–Crippen LogP) is 5.05. The first kappa shape index (κ1) is 14.0. The van der Waals surface area contributed by atoms with Crippen molar-refractivity contribution in [2.75, 3.05) is 11.1 Å². The Bertz CT molecular complexity index is 620. The summed E-state index contributed by atoms with van der Waals surface area (Å²) in [6.07, 6.45) is -0.0643. The van der Waals surface area contributed by atoms with Gasteiger partial charge in [-0.2, -0.15) is 4.39 Å². The predicted molar refractivity (Wildman–Crippen MR) is 82.9 cm³/mol. The lowest BCUT2D eigenvalue weighted by Crippen LogP contribution is -2.11. The Balaban J connectivity index is 2.11. The summed E-state index contributed by atoms with van der Waals surface area (Å²) >= 11 is 5.84. The summed E-state index contributed by atoms with van der Waals surface area (Å²) in [7, 11) is 0. The molecule has 0 amide bonds. The van der Waals surface area contributed by atoms with Gasteiger partial charge in [0.15, 0.2) is 5.16 Å². The fourth-order valence-corrected chi connectivity index (χ4v) is 2.38. The lowest BCUT2D eigenvalue weighted by Gasteiger charge is -2.10. The standard InChI is InChI=1S/C14H11F2NS2/c15-8-13(16)19-9-14(18)17-12-7-3-5-10-4-1-2-6-11(10)12/h1-8H,9H2,(H,17,18)/b13-8+. The van der Waals surface area contributed by atoms with Crippen molar-refractivity contribution >= 4 is 45.4 Å². The minimum Gasteiger partial charge on any atom is -0.349 e. The number of hydrogen-bond donors (Lipinski definition) is 1. The monoisotopic (exact) mass is 295 g/mol. The lowest BCUT2D eigenvalue weighted by atomic mass is 10.1. The van der Waals surface area contributed by atoms with Crippen LogP contribution in [0.1, 0.15) is 0 Å². The summed E-state index contributed by atoms with van der Waals surface area (Å²) in [4.78, 5) is 0.457. The topological polar surface area (TPSA) is 12.0 Å². The van der Waals surface area contributed by atoms with Crippen molar-refractivity contribution in [2.24, 2.45) is 0 Å². The summed E-state index contributed by atoms with van der Waals surface area (Å²) in [6.45, 7) is 0. The maximum atomic E-state index is 12.6. The number of thiocarbonyl (C=S) groups is 1. The van der Waals surface area contributed by atoms with Gasteiger partial charge in [-0.05, 0) is 11.5 Å². The number of nitrogens with one attached hydrogen (secondary N) is 1. The summed E-state index contributed by atoms with van der Waals surface area (Å²) in [6, 6.07) is 13.7. The summed E-state index contributed by atoms with van der Waals surface area (Å²) in [5.74, 6) is 0.199. The molecule has 2 aromatic carbocycles. The van der Waals surface area contributed by atoms with E-state index in [4.69, 9.17) is 12.2 Å². The molecule has 98 valence electrons. The van der Waals surface area contributed by atoms with Crippen LogP contribution in [0.2, 0.25) is 0 Å². The van der Waals surface area contributed by atoms with E-state index in [9.17, 15) is 8.78 Å². The fraction of sp³-hybridized carbons (Fsp3) is 0.0714. The van der Waals surface area contributed by atoms with Gasteiger partial charge in [0.2, 0.25) is 0 Å². The molecule has 0 aliphatic heterocycles. The van der Waals surface area contributed by atoms with Crippen LogP contribution in [-0.4, -0.2) is 10.7 Å². The molecule has 0 radical (unpaired) electrons. The molecule has 1 nitrogen and oxygen atoms in total. The number of hydrogen-bond acceptors (Lipinski definition) is 2. The van der Waals surface area contributed by atoms with Crippen molar-refractivity contribution in [3.8, 4) is 0 Å². The van der Waals surface area contributed by atoms with Gasteiger partial charge in [-0.15, -0.1) is 0 Å². The van der Waals surface area contributed by atoms with E-state index in [1.807, 2.05) is 42.5 Å². The zero-order valence-corrected chi connectivity index (χ0v) is 11.5. The Morgan fingerprint density at radius 3 is 2.74 bits per heavy atom. The maximum absolute atomic E-state index is 12.6. The minimum atomic E-state index is -0.873. The molecule has 0 atom stereocenters. The van der Waals surface area contributed by atoms with Gasteiger partial charge in [-0.1, -0.05) is 60.4 Å². The zero-order valence-electron chi connectivity index (χ0n) is 9.90. The van der Waals surface area contributed by atoms with Gasteiger partial charge in [-0.3, -0.25) is 0 Å². The van der Waals surface area contributed by atoms with Crippen LogP contribution in [0.5, 0.6) is 0 Å². The van der Waals surface area contributed by atoms with Crippen molar-refractivity contribution < 1.29 is 8.78 Å². The average molecular weight is 295 g/mol. The highest BCUT2D eigenvalue weighted by Crippen LogP contribution is 2.24. The van der Waals surface area contributed by atoms with Crippen LogP contribution < -0.4 is 5.32 Å². The van der Waals surface area contributed by atoms with Gasteiger partial charge < -0.3 is 5.32 Å². The maximum Gasteiger partial charge on any atom is 0.185 e. The van der Waals surface area contributed by atoms with E-state index in [1.54, 1.807) is 0 Å². The number of rotatable bonds is 4. The molecule has 0 unspecified atom stereocenters. The summed E-state index contributed by atoms with van der Waals surface area (Å²) in [5.41, 5.74) is 0.869. The van der Waals surface area contributed by atoms with Crippen molar-refractivity contribution in [1.82, 2.24) is 0 Å². The van der Waals surface area contributed by atoms with E-state index in [2.05, 4.69) is 5.32 Å². The quantitative estimate of drug-likeness (QED) is 0.793. The fourth-order valence-electron chi connectivity index (χ4n) is 1.69. The van der Waals surface area contributed by atoms with Crippen molar-refractivity contribution in [3.05, 3.63) is 54.0 Å². The molecule has 1 N–H and O–H groups in total. The molecule has 0 bridgehead atoms. The molecule has 2 rings (SSSR count). The van der Waals surface area contributed by atoms with E-state index < -0.39 is 5.16 Å². The third-order valence-corrected chi connectivity index (χ3v) is 3.72. The molecule has 0 saturated heterocycles. The van der Waals surface area contributed by atoms with Crippen LogP contribution in [0.25, 0.3) is 10.8 Å². The van der Waals surface area contributed by atoms with Crippen molar-refractivity contribution in [3.63, 3.8) is 0 Å². The van der Waals surface area contributed by atoms with E-state index in [1.165, 1.54) is 0 Å². The van der Waals surface area contributed by atoms with E-state index in [-0.39, 0.29) is 12.1 Å². The Hall–Kier alpha value is -1.46. The Labute approximate surface area is 119 Å². The van der Waals surface area contributed by atoms with Crippen LogP contribution in [0, 0.1) is 0 Å². The van der Waals surface area contributed by atoms with E-state index in [0.717, 1.165) is 28.2 Å². The molecule has 0 heterocycles. The van der Waals surface area contributed by atoms with Crippen LogP contribution in [-0.2, 0) is 0 Å². The molecule has 5 heteroatoms. The highest BCUT2D eigenvalue weighted by Gasteiger charge is 2.04. The molecule has 0 aliphatic rings. The number of fused-ring (bicyclic) bond motifs is 1. The highest BCUT2D eigenvalue weighted by molar-refractivity contribution is 8.04. The summed E-state index contributed by atoms with van der Waals surface area (Å²) in [5, 5.41) is 4.32. The zero-order chi connectivity index (χ0) is 13.7. The van der Waals surface area contributed by atoms with Gasteiger partial charge in [0.25, 0.3) is 0 Å². The molecule has 0 aliphatic carbocycles. The Kier molecular flexibility index (Phi) is 4.87. The van der Waals surface area contributed by atoms with Crippen molar-refractivity contribution in [1.29, 1.82) is 0 Å². The highest BCUT2D eigenvalue weighted by atomic mass is 32.2. The second-order valence-corrected chi connectivity index (χ2v) is 5.24. The number of anilines is 1. The third-order valence-electron chi connectivity index (χ3n) is 2.49. The molecule has 0 spiro atoms. The SMILES string of the molecule is F/C=C(\F)SCC(=S)Nc1cccc2ccccc12. The second-order valence-electron chi connectivity index (χ2n) is 3.78. The summed E-state index contributed by atoms with van der Waals surface area (Å²) < 4.78 is 24.5. The average Bonchev–Trinajstić information content (AvgIpc) is 2.45. The number of benzene rings is 2. The third kappa shape index (κ3) is 3.75. The first-order valence-electron chi connectivity index (χ1n) is 5.57. The largest absolute Gasteiger partial charge is 0.349 e. The first-order valence-corrected chi connectivity index (χ1v) is 6.96. The van der Waals surface area contributed by atoms with Crippen LogP contribution >= 0.6 is 24.0 Å². The van der Waals surface area contributed by atoms with Gasteiger partial charge in [0.05, 0.1) is 10.7 Å². The molecule has 0 fully saturated rings. The Morgan fingerprint density at radius 1 is 1.21 bits per heavy atom. The molecule has 0 saturated carbocycles. The molecular formula is C14H11F2NS2. The lowest BCUT2D eigenvalue weighted by molar-refractivity contribution is 0.630. The van der Waals surface area contributed by atoms with Gasteiger partial charge in [0.1, 0.15) is 6.33 Å². The first-order chi connectivity index (χ1) is 9.20. The van der Waals surface area contributed by atoms with E-state index >= 15 is 0 Å². The van der Waals surface area contributed by atoms with Gasteiger partial charge >= 0.3 is 0 Å². The normalized spacial score (nSPS) is 11.6. The molecule has 2 aromatic rings. The van der Waals surface area contributed by atoms with Crippen LogP contribution in [0.15, 0.2) is 54.0 Å². The number of thioether (sulfide) groups is 1. The van der Waals surface area contributed by atoms with Gasteiger partial charge in [-0.25, -0.2) is 4.39 Å². The van der Waals surface area contributed by atoms with Crippen molar-refractivity contribution in [2.45, 2.75) is 0 Å². The molecular weight excluding hydrogens is 284 g/mol. The van der Waals surface area contributed by atoms with Crippen LogP contribution in [0.4, 0.5) is 14.5 Å². The molecule has 19 heavy (non-hydrogen) atoms. The minimum absolute atomic E-state index is 0.0643. The Morgan fingerprint density at radius 2 is 1.95 bits per heavy atom.